The number of quaternary nitrogens is 1. The molecule has 1 nitrogen and oxygen atoms in total. The highest BCUT2D eigenvalue weighted by atomic mass is 79.9. The summed E-state index contributed by atoms with van der Waals surface area (Å²) in [6, 6.07) is 0. The number of hydrogen-bond donors (Lipinski definition) is 0. The minimum atomic E-state index is 0. The van der Waals surface area contributed by atoms with E-state index in [1.54, 1.807) is 0 Å². The molecule has 0 aliphatic rings. The lowest BCUT2D eigenvalue weighted by atomic mass is 10.0. The topological polar surface area (TPSA) is 0 Å². The minimum absolute atomic E-state index is 0. The van der Waals surface area contributed by atoms with Crippen LogP contribution in [-0.4, -0.2) is 30.7 Å². The number of halogens is 1. The second-order valence-corrected chi connectivity index (χ2v) is 14.1. The molecule has 2 heteroatoms. The minimum Gasteiger partial charge on any atom is -1.00 e. The zero-order chi connectivity index (χ0) is 30.0. The van der Waals surface area contributed by atoms with E-state index >= 15 is 0 Å². The van der Waals surface area contributed by atoms with Crippen molar-refractivity contribution in [3.05, 3.63) is 0 Å². The fourth-order valence-electron chi connectivity index (χ4n) is 6.97. The first-order valence-corrected chi connectivity index (χ1v) is 20.1. The van der Waals surface area contributed by atoms with E-state index in [1.807, 2.05) is 0 Å². The van der Waals surface area contributed by atoms with Crippen molar-refractivity contribution in [2.45, 2.75) is 233 Å². The van der Waals surface area contributed by atoms with Crippen LogP contribution < -0.4 is 17.0 Å². The van der Waals surface area contributed by atoms with E-state index in [4.69, 9.17) is 0 Å². The van der Waals surface area contributed by atoms with Crippen LogP contribution in [0.15, 0.2) is 0 Å². The molecule has 1 unspecified atom stereocenters. The second kappa shape index (κ2) is 37.6. The lowest BCUT2D eigenvalue weighted by Crippen LogP contribution is -3.00. The van der Waals surface area contributed by atoms with E-state index in [-0.39, 0.29) is 17.0 Å². The molecule has 1 atom stereocenters. The van der Waals surface area contributed by atoms with Gasteiger partial charge in [0.25, 0.3) is 0 Å². The Morgan fingerprint density at radius 1 is 0.214 bits per heavy atom. The molecule has 0 fully saturated rings. The summed E-state index contributed by atoms with van der Waals surface area (Å²) >= 11 is 0. The molecule has 0 saturated carbocycles. The molecule has 256 valence electrons. The van der Waals surface area contributed by atoms with E-state index < -0.39 is 0 Å². The maximum Gasteiger partial charge on any atom is 0.0786 e. The third-order valence-electron chi connectivity index (χ3n) is 9.94. The van der Waals surface area contributed by atoms with Gasteiger partial charge >= 0.3 is 0 Å². The summed E-state index contributed by atoms with van der Waals surface area (Å²) in [6.07, 6.45) is 46.8. The Bertz CT molecular complexity index is 467. The Morgan fingerprint density at radius 2 is 0.381 bits per heavy atom. The molecule has 0 aromatic heterocycles. The Kier molecular flexibility index (Phi) is 39.9. The van der Waals surface area contributed by atoms with Crippen LogP contribution in [-0.2, 0) is 0 Å². The lowest BCUT2D eigenvalue weighted by molar-refractivity contribution is -0.929. The standard InChI is InChI=1S/C40H84N.BrH/c1-5-9-13-16-18-20-22-23-24-25-26-27-29-31-33-36-40-41(37-12-8-4,38-34-15-11-7-3)39-35-32-30-28-21-19-17-14-10-6-2;/h5-40H2,1-4H3;1H/q+1;/p-1. The highest BCUT2D eigenvalue weighted by molar-refractivity contribution is 4.55. The van der Waals surface area contributed by atoms with Crippen molar-refractivity contribution in [1.82, 2.24) is 0 Å². The van der Waals surface area contributed by atoms with Crippen molar-refractivity contribution in [2.75, 3.05) is 26.2 Å². The summed E-state index contributed by atoms with van der Waals surface area (Å²) in [4.78, 5) is 0. The molecule has 0 radical (unpaired) electrons. The molecule has 0 aliphatic heterocycles. The quantitative estimate of drug-likeness (QED) is 0.0464. The van der Waals surface area contributed by atoms with Crippen LogP contribution in [0.3, 0.4) is 0 Å². The van der Waals surface area contributed by atoms with Crippen LogP contribution in [0.25, 0.3) is 0 Å². The predicted molar refractivity (Wildman–Crippen MR) is 190 cm³/mol. The van der Waals surface area contributed by atoms with Crippen LogP contribution in [0.5, 0.6) is 0 Å². The summed E-state index contributed by atoms with van der Waals surface area (Å²) < 4.78 is 1.47. The van der Waals surface area contributed by atoms with Gasteiger partial charge in [0.2, 0.25) is 0 Å². The van der Waals surface area contributed by atoms with Crippen LogP contribution in [0.1, 0.15) is 233 Å². The number of rotatable bonds is 36. The average Bonchev–Trinajstić information content (AvgIpc) is 2.99. The van der Waals surface area contributed by atoms with Gasteiger partial charge in [-0.1, -0.05) is 188 Å². The molecular weight excluding hydrogens is 574 g/mol. The predicted octanol–water partition coefficient (Wildman–Crippen LogP) is 11.4. The summed E-state index contributed by atoms with van der Waals surface area (Å²) in [7, 11) is 0. The molecule has 42 heavy (non-hydrogen) atoms. The van der Waals surface area contributed by atoms with E-state index in [2.05, 4.69) is 27.7 Å². The first kappa shape index (κ1) is 44.6. The first-order chi connectivity index (χ1) is 20.2. The average molecular weight is 659 g/mol. The molecule has 0 spiro atoms. The summed E-state index contributed by atoms with van der Waals surface area (Å²) in [5.41, 5.74) is 0. The van der Waals surface area contributed by atoms with Gasteiger partial charge in [-0.15, -0.1) is 0 Å². The van der Waals surface area contributed by atoms with Gasteiger partial charge in [0.15, 0.2) is 0 Å². The molecule has 0 saturated heterocycles. The third-order valence-corrected chi connectivity index (χ3v) is 9.94. The van der Waals surface area contributed by atoms with Crippen molar-refractivity contribution < 1.29 is 21.5 Å². The Hall–Kier alpha value is 0.440. The van der Waals surface area contributed by atoms with Gasteiger partial charge in [-0.2, -0.15) is 0 Å². The van der Waals surface area contributed by atoms with Crippen LogP contribution in [0.4, 0.5) is 0 Å². The van der Waals surface area contributed by atoms with Crippen molar-refractivity contribution >= 4 is 0 Å². The van der Waals surface area contributed by atoms with Crippen LogP contribution in [0.2, 0.25) is 0 Å². The number of hydrogen-bond acceptors (Lipinski definition) is 0. The van der Waals surface area contributed by atoms with Gasteiger partial charge in [-0.3, -0.25) is 0 Å². The second-order valence-electron chi connectivity index (χ2n) is 14.1. The highest BCUT2D eigenvalue weighted by Crippen LogP contribution is 2.20. The molecule has 0 bridgehead atoms. The largest absolute Gasteiger partial charge is 1.00 e. The zero-order valence-corrected chi connectivity index (χ0v) is 31.9. The fraction of sp³-hybridized carbons (Fsp3) is 1.00. The highest BCUT2D eigenvalue weighted by Gasteiger charge is 2.25. The van der Waals surface area contributed by atoms with Gasteiger partial charge in [-0.25, -0.2) is 0 Å². The Morgan fingerprint density at radius 3 is 0.619 bits per heavy atom. The van der Waals surface area contributed by atoms with Crippen LogP contribution >= 0.6 is 0 Å². The zero-order valence-electron chi connectivity index (χ0n) is 30.3. The summed E-state index contributed by atoms with van der Waals surface area (Å²) in [5, 5.41) is 0. The first-order valence-electron chi connectivity index (χ1n) is 20.1. The molecule has 0 aliphatic carbocycles. The SMILES string of the molecule is CCCCCCCCCCCCCCCCCC[N+](CCCC)(CCCCCC)CCCCCCCCCCCC.[Br-]. The van der Waals surface area contributed by atoms with Crippen molar-refractivity contribution in [3.63, 3.8) is 0 Å². The van der Waals surface area contributed by atoms with Gasteiger partial charge in [0, 0.05) is 0 Å². The molecule has 0 N–H and O–H groups in total. The smallest absolute Gasteiger partial charge is 0.0786 e. The number of nitrogens with zero attached hydrogens (tertiary/aromatic N) is 1. The third kappa shape index (κ3) is 31.9. The fourth-order valence-corrected chi connectivity index (χ4v) is 6.97. The van der Waals surface area contributed by atoms with Crippen molar-refractivity contribution in [3.8, 4) is 0 Å². The van der Waals surface area contributed by atoms with Gasteiger partial charge in [0.05, 0.1) is 26.2 Å². The maximum absolute atomic E-state index is 2.40. The number of unbranched alkanes of at least 4 members (excludes halogenated alkanes) is 28. The van der Waals surface area contributed by atoms with E-state index in [0.717, 1.165) is 0 Å². The normalized spacial score (nSPS) is 12.9. The molecule has 0 heterocycles. The molecule has 0 rings (SSSR count). The monoisotopic (exact) mass is 658 g/mol. The summed E-state index contributed by atoms with van der Waals surface area (Å²) in [5.74, 6) is 0. The molecule has 0 aromatic rings. The van der Waals surface area contributed by atoms with Crippen LogP contribution in [0, 0.1) is 0 Å². The summed E-state index contributed by atoms with van der Waals surface area (Å²) in [6.45, 7) is 15.3. The van der Waals surface area contributed by atoms with E-state index in [0.29, 0.717) is 0 Å². The van der Waals surface area contributed by atoms with E-state index in [9.17, 15) is 0 Å². The van der Waals surface area contributed by atoms with Gasteiger partial charge in [0.1, 0.15) is 0 Å². The Balaban J connectivity index is 0. The molecule has 0 amide bonds. The van der Waals surface area contributed by atoms with E-state index in [1.165, 1.54) is 236 Å². The Labute approximate surface area is 279 Å². The lowest BCUT2D eigenvalue weighted by Gasteiger charge is -2.39. The maximum atomic E-state index is 2.40. The molecule has 0 aromatic carbocycles. The van der Waals surface area contributed by atoms with Crippen molar-refractivity contribution in [1.29, 1.82) is 0 Å². The van der Waals surface area contributed by atoms with Gasteiger partial charge in [-0.05, 0) is 44.9 Å². The molecular formula is C40H84BrN. The van der Waals surface area contributed by atoms with Gasteiger partial charge < -0.3 is 21.5 Å². The van der Waals surface area contributed by atoms with Crippen molar-refractivity contribution in [2.24, 2.45) is 0 Å².